The molecule has 2 heterocycles. The largest absolute Gasteiger partial charge is 0.360 e. The molecule has 5 heteroatoms. The molecule has 0 fully saturated rings. The fourth-order valence-corrected chi connectivity index (χ4v) is 4.06. The highest BCUT2D eigenvalue weighted by Crippen LogP contribution is 2.49. The Bertz CT molecular complexity index is 560. The van der Waals surface area contributed by atoms with E-state index in [0.717, 1.165) is 40.9 Å². The second-order valence-corrected chi connectivity index (χ2v) is 7.17. The van der Waals surface area contributed by atoms with Crippen LogP contribution in [-0.2, 0) is 4.79 Å². The van der Waals surface area contributed by atoms with Crippen molar-refractivity contribution in [1.82, 2.24) is 4.90 Å². The van der Waals surface area contributed by atoms with Crippen LogP contribution in [0, 0.1) is 0 Å². The molecule has 0 spiro atoms. The molecular formula is C14H15BrN2OS. The molecule has 2 aliphatic rings. The first kappa shape index (κ1) is 13.2. The molecule has 3 nitrogen and oxygen atoms in total. The van der Waals surface area contributed by atoms with Crippen molar-refractivity contribution in [1.29, 1.82) is 0 Å². The van der Waals surface area contributed by atoms with Crippen molar-refractivity contribution >= 4 is 39.7 Å². The molecule has 0 aromatic heterocycles. The summed E-state index contributed by atoms with van der Waals surface area (Å²) in [5.74, 6) is 0. The molecule has 19 heavy (non-hydrogen) atoms. The molecule has 3 rings (SSSR count). The fourth-order valence-electron chi connectivity index (χ4n) is 2.47. The molecule has 0 amide bonds. The smallest absolute Gasteiger partial charge is 0.166 e. The lowest BCUT2D eigenvalue weighted by Crippen LogP contribution is -2.39. The fraction of sp³-hybridized carbons (Fsp3) is 0.357. The number of carbonyl (C=O) groups excluding carboxylic acids is 1. The van der Waals surface area contributed by atoms with Crippen molar-refractivity contribution in [2.75, 3.05) is 25.5 Å². The van der Waals surface area contributed by atoms with Gasteiger partial charge in [0.1, 0.15) is 0 Å². The van der Waals surface area contributed by atoms with Crippen LogP contribution < -0.4 is 5.32 Å². The number of aldehydes is 1. The van der Waals surface area contributed by atoms with Crippen molar-refractivity contribution in [3.63, 3.8) is 0 Å². The lowest BCUT2D eigenvalue weighted by molar-refractivity contribution is -0.108. The molecular weight excluding hydrogens is 324 g/mol. The predicted octanol–water partition coefficient (Wildman–Crippen LogP) is 3.12. The third kappa shape index (κ3) is 2.35. The Morgan fingerprint density at radius 2 is 2.37 bits per heavy atom. The number of hydrogen-bond acceptors (Lipinski definition) is 4. The third-order valence-electron chi connectivity index (χ3n) is 3.59. The van der Waals surface area contributed by atoms with Gasteiger partial charge in [-0.25, -0.2) is 0 Å². The number of thioether (sulfide) groups is 1. The summed E-state index contributed by atoms with van der Waals surface area (Å²) in [6.07, 6.45) is 4.16. The van der Waals surface area contributed by atoms with E-state index in [0.29, 0.717) is 0 Å². The van der Waals surface area contributed by atoms with Gasteiger partial charge in [0.2, 0.25) is 0 Å². The van der Waals surface area contributed by atoms with E-state index >= 15 is 0 Å². The van der Waals surface area contributed by atoms with Gasteiger partial charge in [0.15, 0.2) is 11.2 Å². The topological polar surface area (TPSA) is 32.3 Å². The van der Waals surface area contributed by atoms with Crippen LogP contribution in [0.1, 0.15) is 6.42 Å². The number of likely N-dealkylation sites (N-methyl/N-ethyl adjacent to an activating group) is 1. The number of benzene rings is 1. The van der Waals surface area contributed by atoms with Gasteiger partial charge in [-0.3, -0.25) is 4.79 Å². The minimum atomic E-state index is -0.607. The molecule has 0 aliphatic carbocycles. The van der Waals surface area contributed by atoms with Gasteiger partial charge in [0.05, 0.1) is 5.69 Å². The molecule has 0 saturated carbocycles. The molecule has 2 aliphatic heterocycles. The molecule has 1 aromatic carbocycles. The zero-order chi connectivity index (χ0) is 13.5. The van der Waals surface area contributed by atoms with Crippen molar-refractivity contribution < 1.29 is 4.79 Å². The number of hydrogen-bond donors (Lipinski definition) is 1. The molecule has 1 atom stereocenters. The summed E-state index contributed by atoms with van der Waals surface area (Å²) in [7, 11) is 2.10. The van der Waals surface area contributed by atoms with Crippen molar-refractivity contribution in [2.24, 2.45) is 0 Å². The summed E-state index contributed by atoms with van der Waals surface area (Å²) in [5, 5.41) is 3.40. The van der Waals surface area contributed by atoms with E-state index in [1.165, 1.54) is 5.57 Å². The lowest BCUT2D eigenvalue weighted by Gasteiger charge is -2.31. The predicted molar refractivity (Wildman–Crippen MR) is 82.6 cm³/mol. The van der Waals surface area contributed by atoms with E-state index in [1.54, 1.807) is 11.8 Å². The Kier molecular flexibility index (Phi) is 3.45. The van der Waals surface area contributed by atoms with Gasteiger partial charge in [0, 0.05) is 22.5 Å². The van der Waals surface area contributed by atoms with Gasteiger partial charge in [-0.2, -0.15) is 0 Å². The summed E-state index contributed by atoms with van der Waals surface area (Å²) in [6.45, 7) is 1.91. The average Bonchev–Trinajstić information content (AvgIpc) is 2.78. The number of nitrogens with zero attached hydrogens (tertiary/aromatic N) is 1. The number of halogens is 1. The van der Waals surface area contributed by atoms with E-state index in [1.807, 2.05) is 12.1 Å². The summed E-state index contributed by atoms with van der Waals surface area (Å²) < 4.78 is 1.03. The Balaban J connectivity index is 1.94. The van der Waals surface area contributed by atoms with Crippen molar-refractivity contribution in [3.8, 4) is 0 Å². The Hall–Kier alpha value is -0.780. The summed E-state index contributed by atoms with van der Waals surface area (Å²) in [6, 6.07) is 6.10. The highest BCUT2D eigenvalue weighted by atomic mass is 79.9. The number of anilines is 1. The van der Waals surface area contributed by atoms with E-state index < -0.39 is 4.87 Å². The Morgan fingerprint density at radius 1 is 1.53 bits per heavy atom. The van der Waals surface area contributed by atoms with Crippen LogP contribution in [0.25, 0.3) is 0 Å². The first-order valence-electron chi connectivity index (χ1n) is 6.24. The maximum Gasteiger partial charge on any atom is 0.166 e. The van der Waals surface area contributed by atoms with Crippen molar-refractivity contribution in [2.45, 2.75) is 16.2 Å². The molecule has 0 bridgehead atoms. The van der Waals surface area contributed by atoms with Crippen LogP contribution in [0.4, 0.5) is 5.69 Å². The van der Waals surface area contributed by atoms with Crippen LogP contribution >= 0.6 is 27.7 Å². The minimum absolute atomic E-state index is 0.607. The zero-order valence-corrected chi connectivity index (χ0v) is 13.1. The Labute approximate surface area is 125 Å². The SMILES string of the molecule is CN1CC=C(C2(C=O)Nc3cc(Br)ccc3S2)CC1. The van der Waals surface area contributed by atoms with Crippen LogP contribution in [0.15, 0.2) is 39.2 Å². The van der Waals surface area contributed by atoms with Gasteiger partial charge < -0.3 is 10.2 Å². The van der Waals surface area contributed by atoms with E-state index in [2.05, 4.69) is 45.3 Å². The summed E-state index contributed by atoms with van der Waals surface area (Å²) in [4.78, 5) is 14.5. The van der Waals surface area contributed by atoms with Gasteiger partial charge in [-0.15, -0.1) is 0 Å². The summed E-state index contributed by atoms with van der Waals surface area (Å²) >= 11 is 5.08. The van der Waals surface area contributed by atoms with E-state index in [4.69, 9.17) is 0 Å². The minimum Gasteiger partial charge on any atom is -0.360 e. The third-order valence-corrected chi connectivity index (χ3v) is 5.44. The normalized spacial score (nSPS) is 26.5. The van der Waals surface area contributed by atoms with Crippen LogP contribution in [0.3, 0.4) is 0 Å². The van der Waals surface area contributed by atoms with Crippen LogP contribution in [0.2, 0.25) is 0 Å². The lowest BCUT2D eigenvalue weighted by atomic mass is 10.0. The number of nitrogens with one attached hydrogen (secondary N) is 1. The molecule has 1 aromatic rings. The maximum atomic E-state index is 11.7. The zero-order valence-electron chi connectivity index (χ0n) is 10.6. The molecule has 0 saturated heterocycles. The van der Waals surface area contributed by atoms with Crippen molar-refractivity contribution in [3.05, 3.63) is 34.3 Å². The quantitative estimate of drug-likeness (QED) is 0.663. The summed E-state index contributed by atoms with van der Waals surface area (Å²) in [5.41, 5.74) is 2.23. The first-order chi connectivity index (χ1) is 9.13. The first-order valence-corrected chi connectivity index (χ1v) is 7.85. The molecule has 1 N–H and O–H groups in total. The van der Waals surface area contributed by atoms with Crippen LogP contribution in [0.5, 0.6) is 0 Å². The highest BCUT2D eigenvalue weighted by molar-refractivity contribution is 9.10. The van der Waals surface area contributed by atoms with E-state index in [-0.39, 0.29) is 0 Å². The number of carbonyl (C=O) groups is 1. The monoisotopic (exact) mass is 338 g/mol. The second-order valence-electron chi connectivity index (χ2n) is 4.96. The Morgan fingerprint density at radius 3 is 3.05 bits per heavy atom. The molecule has 100 valence electrons. The van der Waals surface area contributed by atoms with E-state index in [9.17, 15) is 4.79 Å². The van der Waals surface area contributed by atoms with Gasteiger partial charge in [0.25, 0.3) is 0 Å². The number of rotatable bonds is 2. The highest BCUT2D eigenvalue weighted by Gasteiger charge is 2.41. The standard InChI is InChI=1S/C14H15BrN2OS/c1-17-6-4-10(5-7-17)14(9-18)16-12-8-11(15)2-3-13(12)19-14/h2-4,8-9,16H,5-7H2,1H3. The maximum absolute atomic E-state index is 11.7. The molecule has 1 unspecified atom stereocenters. The van der Waals surface area contributed by atoms with Gasteiger partial charge >= 0.3 is 0 Å². The van der Waals surface area contributed by atoms with Gasteiger partial charge in [-0.05, 0) is 37.2 Å². The van der Waals surface area contributed by atoms with Crippen LogP contribution in [-0.4, -0.2) is 36.2 Å². The second kappa shape index (κ2) is 4.96. The number of fused-ring (bicyclic) bond motifs is 1. The average molecular weight is 339 g/mol. The molecule has 0 radical (unpaired) electrons. The van der Waals surface area contributed by atoms with Gasteiger partial charge in [-0.1, -0.05) is 33.8 Å².